The lowest BCUT2D eigenvalue weighted by Gasteiger charge is -2.17. The minimum atomic E-state index is -0.943. The SMILES string of the molecule is O=C1CCc2ccc(OCc3ccsc3C(=O)O)cc2N1. The molecule has 0 spiro atoms. The molecule has 1 aromatic heterocycles. The summed E-state index contributed by atoms with van der Waals surface area (Å²) in [5, 5.41) is 13.6. The fraction of sp³-hybridized carbons (Fsp3) is 0.200. The number of rotatable bonds is 4. The first kappa shape index (κ1) is 13.6. The van der Waals surface area contributed by atoms with Gasteiger partial charge < -0.3 is 15.2 Å². The van der Waals surface area contributed by atoms with E-state index < -0.39 is 5.97 Å². The second kappa shape index (κ2) is 5.57. The predicted molar refractivity (Wildman–Crippen MR) is 79.0 cm³/mol. The Hall–Kier alpha value is -2.34. The van der Waals surface area contributed by atoms with Gasteiger partial charge in [-0.3, -0.25) is 4.79 Å². The standard InChI is InChI=1S/C15H13NO4S/c17-13-4-2-9-1-3-11(7-12(9)16-13)20-8-10-5-6-21-14(10)15(18)19/h1,3,5-7H,2,4,8H2,(H,16,17)(H,18,19). The molecule has 0 radical (unpaired) electrons. The van der Waals surface area contributed by atoms with Crippen molar-refractivity contribution < 1.29 is 19.4 Å². The third kappa shape index (κ3) is 2.90. The first-order valence-electron chi connectivity index (χ1n) is 6.49. The van der Waals surface area contributed by atoms with E-state index in [1.54, 1.807) is 17.5 Å². The van der Waals surface area contributed by atoms with Crippen LogP contribution in [-0.2, 0) is 17.8 Å². The predicted octanol–water partition coefficient (Wildman–Crippen LogP) is 2.91. The molecule has 1 amide bonds. The number of thiophene rings is 1. The summed E-state index contributed by atoms with van der Waals surface area (Å²) in [6.07, 6.45) is 1.24. The van der Waals surface area contributed by atoms with Gasteiger partial charge in [0.05, 0.1) is 0 Å². The molecule has 108 valence electrons. The molecule has 6 heteroatoms. The number of hydrogen-bond acceptors (Lipinski definition) is 4. The molecule has 1 aliphatic rings. The van der Waals surface area contributed by atoms with Gasteiger partial charge >= 0.3 is 5.97 Å². The molecule has 2 heterocycles. The van der Waals surface area contributed by atoms with Crippen molar-refractivity contribution in [2.24, 2.45) is 0 Å². The van der Waals surface area contributed by atoms with Crippen molar-refractivity contribution >= 4 is 28.9 Å². The average Bonchev–Trinajstić information content (AvgIpc) is 2.93. The summed E-state index contributed by atoms with van der Waals surface area (Å²) in [4.78, 5) is 22.7. The van der Waals surface area contributed by atoms with E-state index in [4.69, 9.17) is 9.84 Å². The number of carboxylic acids is 1. The Morgan fingerprint density at radius 2 is 2.19 bits per heavy atom. The van der Waals surface area contributed by atoms with E-state index in [9.17, 15) is 9.59 Å². The molecule has 2 aromatic rings. The van der Waals surface area contributed by atoms with E-state index >= 15 is 0 Å². The zero-order valence-corrected chi connectivity index (χ0v) is 11.9. The number of amides is 1. The summed E-state index contributed by atoms with van der Waals surface area (Å²) in [6, 6.07) is 7.28. The number of carbonyl (C=O) groups excluding carboxylic acids is 1. The highest BCUT2D eigenvalue weighted by Crippen LogP contribution is 2.28. The van der Waals surface area contributed by atoms with Crippen LogP contribution in [0.4, 0.5) is 5.69 Å². The Morgan fingerprint density at radius 1 is 1.33 bits per heavy atom. The Balaban J connectivity index is 1.74. The second-order valence-corrected chi connectivity index (χ2v) is 5.65. The van der Waals surface area contributed by atoms with E-state index in [1.165, 1.54) is 11.3 Å². The highest BCUT2D eigenvalue weighted by Gasteiger charge is 2.16. The number of anilines is 1. The van der Waals surface area contributed by atoms with Crippen LogP contribution < -0.4 is 10.1 Å². The van der Waals surface area contributed by atoms with Crippen molar-refractivity contribution in [2.75, 3.05) is 5.32 Å². The molecule has 0 saturated carbocycles. The van der Waals surface area contributed by atoms with Crippen molar-refractivity contribution in [2.45, 2.75) is 19.4 Å². The maximum atomic E-state index is 11.4. The Bertz CT molecular complexity index is 707. The van der Waals surface area contributed by atoms with E-state index in [1.807, 2.05) is 12.1 Å². The summed E-state index contributed by atoms with van der Waals surface area (Å²) in [5.41, 5.74) is 2.51. The molecule has 0 saturated heterocycles. The first-order chi connectivity index (χ1) is 10.1. The van der Waals surface area contributed by atoms with Crippen LogP contribution >= 0.6 is 11.3 Å². The number of nitrogens with one attached hydrogen (secondary N) is 1. The van der Waals surface area contributed by atoms with Crippen molar-refractivity contribution in [1.29, 1.82) is 0 Å². The third-order valence-corrected chi connectivity index (χ3v) is 4.26. The zero-order chi connectivity index (χ0) is 14.8. The van der Waals surface area contributed by atoms with Gasteiger partial charge in [-0.25, -0.2) is 4.79 Å². The van der Waals surface area contributed by atoms with Crippen molar-refractivity contribution in [3.05, 3.63) is 45.6 Å². The highest BCUT2D eigenvalue weighted by atomic mass is 32.1. The molecule has 0 atom stereocenters. The summed E-state index contributed by atoms with van der Waals surface area (Å²) in [7, 11) is 0. The molecule has 0 unspecified atom stereocenters. The molecule has 3 rings (SSSR count). The number of carbonyl (C=O) groups is 2. The maximum Gasteiger partial charge on any atom is 0.346 e. The molecule has 2 N–H and O–H groups in total. The minimum Gasteiger partial charge on any atom is -0.489 e. The summed E-state index contributed by atoms with van der Waals surface area (Å²) >= 11 is 1.18. The van der Waals surface area contributed by atoms with Gasteiger partial charge in [-0.05, 0) is 29.5 Å². The molecule has 0 fully saturated rings. The number of aryl methyl sites for hydroxylation is 1. The smallest absolute Gasteiger partial charge is 0.346 e. The molecule has 1 aliphatic heterocycles. The lowest BCUT2D eigenvalue weighted by atomic mass is 10.0. The average molecular weight is 303 g/mol. The molecule has 5 nitrogen and oxygen atoms in total. The molecular weight excluding hydrogens is 290 g/mol. The molecular formula is C15H13NO4S. The topological polar surface area (TPSA) is 75.6 Å². The molecule has 0 aliphatic carbocycles. The Labute approximate surface area is 125 Å². The first-order valence-corrected chi connectivity index (χ1v) is 7.36. The summed E-state index contributed by atoms with van der Waals surface area (Å²) < 4.78 is 5.63. The van der Waals surface area contributed by atoms with Crippen molar-refractivity contribution in [1.82, 2.24) is 0 Å². The van der Waals surface area contributed by atoms with Crippen LogP contribution in [0.2, 0.25) is 0 Å². The number of carboxylic acid groups (broad SMARTS) is 1. The van der Waals surface area contributed by atoms with Crippen LogP contribution in [-0.4, -0.2) is 17.0 Å². The van der Waals surface area contributed by atoms with Gasteiger partial charge in [-0.2, -0.15) is 0 Å². The van der Waals surface area contributed by atoms with Crippen LogP contribution in [0.1, 0.15) is 27.2 Å². The fourth-order valence-corrected chi connectivity index (χ4v) is 2.99. The lowest BCUT2D eigenvalue weighted by Crippen LogP contribution is -2.18. The van der Waals surface area contributed by atoms with E-state index in [0.717, 1.165) is 17.7 Å². The van der Waals surface area contributed by atoms with Gasteiger partial charge in [0.1, 0.15) is 17.2 Å². The molecule has 0 bridgehead atoms. The molecule has 1 aromatic carbocycles. The monoisotopic (exact) mass is 303 g/mol. The Kier molecular flexibility index (Phi) is 3.62. The van der Waals surface area contributed by atoms with E-state index in [-0.39, 0.29) is 12.5 Å². The van der Waals surface area contributed by atoms with Gasteiger partial charge in [-0.1, -0.05) is 6.07 Å². The van der Waals surface area contributed by atoms with Gasteiger partial charge in [0.2, 0.25) is 5.91 Å². The van der Waals surface area contributed by atoms with E-state index in [0.29, 0.717) is 22.6 Å². The van der Waals surface area contributed by atoms with Crippen LogP contribution in [0.25, 0.3) is 0 Å². The largest absolute Gasteiger partial charge is 0.489 e. The molecule has 21 heavy (non-hydrogen) atoms. The number of hydrogen-bond donors (Lipinski definition) is 2. The van der Waals surface area contributed by atoms with E-state index in [2.05, 4.69) is 5.32 Å². The Morgan fingerprint density at radius 3 is 3.00 bits per heavy atom. The number of benzene rings is 1. The number of ether oxygens (including phenoxy) is 1. The second-order valence-electron chi connectivity index (χ2n) is 4.74. The van der Waals surface area contributed by atoms with Gasteiger partial charge in [-0.15, -0.1) is 11.3 Å². The highest BCUT2D eigenvalue weighted by molar-refractivity contribution is 7.12. The maximum absolute atomic E-state index is 11.4. The number of aromatic carboxylic acids is 1. The van der Waals surface area contributed by atoms with Crippen LogP contribution in [0, 0.1) is 0 Å². The van der Waals surface area contributed by atoms with Crippen LogP contribution in [0.3, 0.4) is 0 Å². The third-order valence-electron chi connectivity index (χ3n) is 3.31. The van der Waals surface area contributed by atoms with Crippen molar-refractivity contribution in [3.63, 3.8) is 0 Å². The van der Waals surface area contributed by atoms with Crippen LogP contribution in [0.5, 0.6) is 5.75 Å². The fourth-order valence-electron chi connectivity index (χ4n) is 2.24. The minimum absolute atomic E-state index is 0.00523. The van der Waals surface area contributed by atoms with Gasteiger partial charge in [0, 0.05) is 23.7 Å². The van der Waals surface area contributed by atoms with Gasteiger partial charge in [0.25, 0.3) is 0 Å². The summed E-state index contributed by atoms with van der Waals surface area (Å²) in [6.45, 7) is 0.192. The number of fused-ring (bicyclic) bond motifs is 1. The lowest BCUT2D eigenvalue weighted by molar-refractivity contribution is -0.116. The normalized spacial score (nSPS) is 13.4. The quantitative estimate of drug-likeness (QED) is 0.910. The zero-order valence-electron chi connectivity index (χ0n) is 11.1. The van der Waals surface area contributed by atoms with Crippen LogP contribution in [0.15, 0.2) is 29.6 Å². The van der Waals surface area contributed by atoms with Gasteiger partial charge in [0.15, 0.2) is 0 Å². The summed E-state index contributed by atoms with van der Waals surface area (Å²) in [5.74, 6) is -0.328. The van der Waals surface area contributed by atoms with Crippen molar-refractivity contribution in [3.8, 4) is 5.75 Å².